The summed E-state index contributed by atoms with van der Waals surface area (Å²) in [7, 11) is 0. The van der Waals surface area contributed by atoms with Gasteiger partial charge in [-0.3, -0.25) is 14.4 Å². The smallest absolute Gasteiger partial charge is 0.138 e. The van der Waals surface area contributed by atoms with Gasteiger partial charge in [0.25, 0.3) is 0 Å². The topological polar surface area (TPSA) is 51.2 Å². The average Bonchev–Trinajstić information content (AvgIpc) is 4.24. The summed E-state index contributed by atoms with van der Waals surface area (Å²) >= 11 is 0. The van der Waals surface area contributed by atoms with Gasteiger partial charge in [0.1, 0.15) is 17.3 Å². The second-order valence-corrected chi connectivity index (χ2v) is 24.4. The molecule has 3 heteroatoms. The van der Waals surface area contributed by atoms with Crippen molar-refractivity contribution in [2.45, 2.75) is 354 Å². The van der Waals surface area contributed by atoms with E-state index in [0.29, 0.717) is 35.1 Å². The Morgan fingerprint density at radius 3 is 0.689 bits per heavy atom. The molecule has 9 fully saturated rings. The molecule has 9 aliphatic rings. The average molecular weight is 1050 g/mol. The minimum Gasteiger partial charge on any atom is -0.299 e. The highest BCUT2D eigenvalue weighted by molar-refractivity contribution is 5.85. The van der Waals surface area contributed by atoms with E-state index in [-0.39, 0.29) is 17.8 Å². The number of carbonyl (C=O) groups excluding carboxylic acids is 3. The first kappa shape index (κ1) is 84.3. The summed E-state index contributed by atoms with van der Waals surface area (Å²) in [6.45, 7) is 58.5. The molecule has 0 unspecified atom stereocenters. The zero-order valence-electron chi connectivity index (χ0n) is 57.0. The first-order valence-electron chi connectivity index (χ1n) is 33.8. The molecule has 450 valence electrons. The van der Waals surface area contributed by atoms with E-state index in [2.05, 4.69) is 55.4 Å². The monoisotopic (exact) mass is 1050 g/mol. The highest BCUT2D eigenvalue weighted by atomic mass is 16.1. The minimum atomic E-state index is 0.253. The summed E-state index contributed by atoms with van der Waals surface area (Å²) in [5, 5.41) is 0. The first-order chi connectivity index (χ1) is 35.2. The van der Waals surface area contributed by atoms with Crippen molar-refractivity contribution in [2.75, 3.05) is 0 Å². The molecule has 0 saturated heterocycles. The lowest BCUT2D eigenvalue weighted by molar-refractivity contribution is -0.128. The van der Waals surface area contributed by atoms with Crippen molar-refractivity contribution in [3.8, 4) is 0 Å². The number of ketones is 3. The molecular formula is C71H148O3. The summed E-state index contributed by atoms with van der Waals surface area (Å²) in [6, 6.07) is 0. The zero-order chi connectivity index (χ0) is 59.0. The molecule has 2 bridgehead atoms. The van der Waals surface area contributed by atoms with Crippen LogP contribution in [0.25, 0.3) is 0 Å². The Balaban J connectivity index is -0.000000175. The van der Waals surface area contributed by atoms with Gasteiger partial charge in [-0.2, -0.15) is 0 Å². The molecule has 3 nitrogen and oxygen atoms in total. The van der Waals surface area contributed by atoms with Crippen LogP contribution in [0.1, 0.15) is 354 Å². The molecule has 9 saturated carbocycles. The van der Waals surface area contributed by atoms with E-state index in [1.165, 1.54) is 109 Å². The second-order valence-electron chi connectivity index (χ2n) is 24.4. The maximum Gasteiger partial charge on any atom is 0.138 e. The van der Waals surface area contributed by atoms with E-state index in [0.717, 1.165) is 85.4 Å². The Morgan fingerprint density at radius 2 is 0.541 bits per heavy atom. The van der Waals surface area contributed by atoms with Crippen LogP contribution in [0.15, 0.2) is 0 Å². The third-order valence-electron chi connectivity index (χ3n) is 14.8. The van der Waals surface area contributed by atoms with Crippen molar-refractivity contribution in [3.05, 3.63) is 0 Å². The Bertz CT molecular complexity index is 1130. The lowest BCUT2D eigenvalue weighted by atomic mass is 9.42. The number of carbonyl (C=O) groups is 3. The Hall–Kier alpha value is -0.990. The van der Waals surface area contributed by atoms with E-state index in [1.807, 2.05) is 138 Å². The summed E-state index contributed by atoms with van der Waals surface area (Å²) in [6.07, 6.45) is 34.9. The molecule has 74 heavy (non-hydrogen) atoms. The first-order valence-corrected chi connectivity index (χ1v) is 33.8. The lowest BCUT2D eigenvalue weighted by Gasteiger charge is -2.63. The van der Waals surface area contributed by atoms with Gasteiger partial charge >= 0.3 is 0 Å². The predicted molar refractivity (Wildman–Crippen MR) is 341 cm³/mol. The van der Waals surface area contributed by atoms with Crippen molar-refractivity contribution in [1.82, 2.24) is 0 Å². The van der Waals surface area contributed by atoms with Crippen LogP contribution in [0, 0.1) is 88.3 Å². The van der Waals surface area contributed by atoms with Gasteiger partial charge in [-0.1, -0.05) is 271 Å². The summed E-state index contributed by atoms with van der Waals surface area (Å²) in [4.78, 5) is 33.4. The van der Waals surface area contributed by atoms with E-state index in [1.54, 1.807) is 19.3 Å². The van der Waals surface area contributed by atoms with Crippen molar-refractivity contribution in [1.29, 1.82) is 0 Å². The Kier molecular flexibility index (Phi) is 63.0. The number of Topliss-reactive ketones (excluding diaryl/α,β-unsaturated/α-hetero) is 3. The predicted octanol–water partition coefficient (Wildman–Crippen LogP) is 24.5. The van der Waals surface area contributed by atoms with Crippen LogP contribution < -0.4 is 0 Å². The van der Waals surface area contributed by atoms with Crippen LogP contribution in [0.4, 0.5) is 0 Å². The van der Waals surface area contributed by atoms with E-state index >= 15 is 0 Å². The summed E-state index contributed by atoms with van der Waals surface area (Å²) < 4.78 is 0. The van der Waals surface area contributed by atoms with Gasteiger partial charge in [0.2, 0.25) is 0 Å². The molecule has 0 atom stereocenters. The third kappa shape index (κ3) is 46.0. The minimum absolute atomic E-state index is 0.253. The molecule has 0 aromatic carbocycles. The van der Waals surface area contributed by atoms with Crippen molar-refractivity contribution >= 4 is 17.3 Å². The highest BCUT2D eigenvalue weighted by Crippen LogP contribution is 2.67. The van der Waals surface area contributed by atoms with Crippen LogP contribution in [0.5, 0.6) is 0 Å². The molecule has 0 aromatic heterocycles. The molecular weight excluding hydrogens is 901 g/mol. The second kappa shape index (κ2) is 55.3. The molecule has 9 rings (SSSR count). The van der Waals surface area contributed by atoms with E-state index in [9.17, 15) is 14.4 Å². The molecule has 0 N–H and O–H groups in total. The van der Waals surface area contributed by atoms with Crippen LogP contribution in [0.3, 0.4) is 0 Å². The normalized spacial score (nSPS) is 20.4. The summed E-state index contributed by atoms with van der Waals surface area (Å²) in [5.41, 5.74) is 0.888. The third-order valence-corrected chi connectivity index (χ3v) is 14.8. The molecule has 0 amide bonds. The van der Waals surface area contributed by atoms with Crippen LogP contribution >= 0.6 is 0 Å². The van der Waals surface area contributed by atoms with Gasteiger partial charge in [-0.05, 0) is 136 Å². The van der Waals surface area contributed by atoms with Crippen LogP contribution in [-0.2, 0) is 14.4 Å². The highest BCUT2D eigenvalue weighted by Gasteiger charge is 2.55. The fourth-order valence-corrected chi connectivity index (χ4v) is 10.8. The molecule has 0 spiro atoms. The van der Waals surface area contributed by atoms with Gasteiger partial charge in [0, 0.05) is 35.5 Å². The number of hydrogen-bond donors (Lipinski definition) is 0. The maximum atomic E-state index is 11.3. The molecule has 0 radical (unpaired) electrons. The van der Waals surface area contributed by atoms with Crippen molar-refractivity contribution in [3.63, 3.8) is 0 Å². The fourth-order valence-electron chi connectivity index (χ4n) is 10.8. The van der Waals surface area contributed by atoms with Crippen molar-refractivity contribution < 1.29 is 14.4 Å². The number of hydrogen-bond acceptors (Lipinski definition) is 3. The SMILES string of the molecule is CC.CC.CC.CC.CC.CC.CC.CC(C)C(=O)C1CC1.CC(C)C(=O)C1CCC1.CC(C)C(=O)C1CCCC1.CC(C)CC12CC(C1)C2.CC(C)CC1CC1.CC(C)CC1CCC1.CC(C)CC1CCCC1. The standard InChI is InChI=1S/C9H16O.C9H16.C9H18.C8H14O.C8H16.C7H12O.C7H14.7C2H6/c1-7(2)9(10)8-5-3-4-6-8;1-7(2)3-9-4-8(5-9)6-9;1-8(2)7-9-5-3-4-6-9;1-6(2)8(9)7-4-3-5-7;1-7(2)6-8-4-3-5-8;1-5(2)7(8)6-3-4-6;1-6(2)5-7-3-4-7;7*1-2/h7-8H,3-6H2,1-2H3;7-8H,3-6H2,1-2H3;8-9H,3-7H2,1-2H3;6-7H,3-5H2,1-2H3;7-8H,3-6H2,1-2H3;5-6H,3-4H2,1-2H3;6-7H,3-5H2,1-2H3;7*1-2H3. The quantitative estimate of drug-likeness (QED) is 0.174. The van der Waals surface area contributed by atoms with Crippen LogP contribution in [-0.4, -0.2) is 17.3 Å². The van der Waals surface area contributed by atoms with Crippen molar-refractivity contribution in [2.24, 2.45) is 88.3 Å². The van der Waals surface area contributed by atoms with Gasteiger partial charge in [-0.25, -0.2) is 0 Å². The van der Waals surface area contributed by atoms with Gasteiger partial charge in [0.15, 0.2) is 0 Å². The van der Waals surface area contributed by atoms with Gasteiger partial charge in [0.05, 0.1) is 0 Å². The Morgan fingerprint density at radius 1 is 0.311 bits per heavy atom. The molecule has 9 aliphatic carbocycles. The lowest BCUT2D eigenvalue weighted by Crippen LogP contribution is -2.52. The fraction of sp³-hybridized carbons (Fsp3) is 0.958. The molecule has 0 aliphatic heterocycles. The maximum absolute atomic E-state index is 11.3. The molecule has 0 heterocycles. The van der Waals surface area contributed by atoms with Crippen LogP contribution in [0.2, 0.25) is 0 Å². The zero-order valence-corrected chi connectivity index (χ0v) is 57.0. The largest absolute Gasteiger partial charge is 0.299 e. The summed E-state index contributed by atoms with van der Waals surface area (Å²) in [5.74, 6) is 11.7. The van der Waals surface area contributed by atoms with E-state index < -0.39 is 0 Å². The molecule has 0 aromatic rings. The van der Waals surface area contributed by atoms with Gasteiger partial charge in [-0.15, -0.1) is 0 Å². The number of rotatable bonds is 14. The van der Waals surface area contributed by atoms with Gasteiger partial charge < -0.3 is 0 Å². The van der Waals surface area contributed by atoms with E-state index in [4.69, 9.17) is 0 Å². The Labute approximate surface area is 472 Å².